The van der Waals surface area contributed by atoms with Gasteiger partial charge in [-0.05, 0) is 36.5 Å². The maximum absolute atomic E-state index is 11.4. The first-order valence-electron chi connectivity index (χ1n) is 5.59. The van der Waals surface area contributed by atoms with Crippen molar-refractivity contribution in [3.05, 3.63) is 22.1 Å². The lowest BCUT2D eigenvalue weighted by atomic mass is 9.85. The third-order valence-corrected chi connectivity index (χ3v) is 6.56. The minimum Gasteiger partial charge on any atom is -0.285 e. The van der Waals surface area contributed by atoms with E-state index in [1.54, 1.807) is 0 Å². The van der Waals surface area contributed by atoms with Crippen LogP contribution in [0, 0.1) is 0 Å². The van der Waals surface area contributed by atoms with Gasteiger partial charge in [-0.1, -0.05) is 22.6 Å². The first-order chi connectivity index (χ1) is 8.59. The van der Waals surface area contributed by atoms with E-state index in [9.17, 15) is 21.4 Å². The van der Waals surface area contributed by atoms with Crippen molar-refractivity contribution >= 4 is 42.8 Å². The average molecular weight is 420 g/mol. The molecule has 0 aliphatic heterocycles. The Hall–Kier alpha value is 0.0300. The Kier molecular flexibility index (Phi) is 4.14. The lowest BCUT2D eigenvalue weighted by Crippen LogP contribution is -2.31. The summed E-state index contributed by atoms with van der Waals surface area (Å²) < 4.78 is 63.9. The van der Waals surface area contributed by atoms with E-state index in [1.165, 1.54) is 6.08 Å². The van der Waals surface area contributed by atoms with Crippen LogP contribution in [0.2, 0.25) is 0 Å². The van der Waals surface area contributed by atoms with Gasteiger partial charge in [0.15, 0.2) is 0 Å². The molecule has 2 aliphatic rings. The van der Waals surface area contributed by atoms with Crippen molar-refractivity contribution in [2.45, 2.75) is 34.9 Å². The van der Waals surface area contributed by atoms with E-state index in [4.69, 9.17) is 4.55 Å². The Balaban J connectivity index is 2.55. The molecular weight excluding hydrogens is 407 g/mol. The molecule has 0 aromatic carbocycles. The predicted octanol–water partition coefficient (Wildman–Crippen LogP) is 1.70. The lowest BCUT2D eigenvalue weighted by Gasteiger charge is -2.30. The van der Waals surface area contributed by atoms with Gasteiger partial charge < -0.3 is 0 Å². The summed E-state index contributed by atoms with van der Waals surface area (Å²) in [6.45, 7) is 0. The van der Waals surface area contributed by atoms with Crippen LogP contribution in [0.5, 0.6) is 0 Å². The van der Waals surface area contributed by atoms with E-state index < -0.39 is 31.9 Å². The van der Waals surface area contributed by atoms with Crippen LogP contribution in [0.1, 0.15) is 25.7 Å². The minimum absolute atomic E-state index is 0.287. The topological polar surface area (TPSA) is 109 Å². The summed E-state index contributed by atoms with van der Waals surface area (Å²) in [5.74, 6) is 0. The van der Waals surface area contributed by atoms with Gasteiger partial charge in [-0.15, -0.1) is 0 Å². The van der Waals surface area contributed by atoms with E-state index in [0.717, 1.165) is 6.42 Å². The van der Waals surface area contributed by atoms with E-state index in [-0.39, 0.29) is 8.83 Å². The van der Waals surface area contributed by atoms with Crippen LogP contribution in [0.15, 0.2) is 22.1 Å². The molecule has 0 fully saturated rings. The molecule has 0 aromatic heterocycles. The van der Waals surface area contributed by atoms with Crippen molar-refractivity contribution in [3.63, 3.8) is 0 Å². The molecule has 0 spiro atoms. The van der Waals surface area contributed by atoms with Gasteiger partial charge in [-0.25, -0.2) is 0 Å². The third-order valence-electron chi connectivity index (χ3n) is 3.38. The minimum atomic E-state index is -4.44. The number of rotatable bonds is 2. The SMILES string of the molecule is O=S(=O)(O)C1=CC2=C(CCC(I)C2)C(S(=O)(=O)O)C1. The maximum Gasteiger partial charge on any atom is 0.290 e. The zero-order chi connectivity index (χ0) is 14.4. The third kappa shape index (κ3) is 3.38. The van der Waals surface area contributed by atoms with Gasteiger partial charge in [0.2, 0.25) is 0 Å². The molecule has 2 rings (SSSR count). The number of allylic oxidation sites excluding steroid dienone is 3. The van der Waals surface area contributed by atoms with Crippen LogP contribution in [-0.4, -0.2) is 35.1 Å². The van der Waals surface area contributed by atoms with Crippen molar-refractivity contribution in [1.82, 2.24) is 0 Å². The summed E-state index contributed by atoms with van der Waals surface area (Å²) in [5, 5.41) is -1.26. The first-order valence-corrected chi connectivity index (χ1v) is 9.78. The van der Waals surface area contributed by atoms with Gasteiger partial charge in [0.25, 0.3) is 20.2 Å². The molecular formula is C10H13IO6S2. The normalized spacial score (nSPS) is 28.9. The Labute approximate surface area is 125 Å². The Bertz CT molecular complexity index is 658. The fourth-order valence-electron chi connectivity index (χ4n) is 2.49. The van der Waals surface area contributed by atoms with E-state index in [1.807, 2.05) is 0 Å². The van der Waals surface area contributed by atoms with Crippen LogP contribution in [-0.2, 0) is 20.2 Å². The Morgan fingerprint density at radius 3 is 2.32 bits per heavy atom. The van der Waals surface area contributed by atoms with Crippen molar-refractivity contribution < 1.29 is 25.9 Å². The maximum atomic E-state index is 11.4. The van der Waals surface area contributed by atoms with E-state index >= 15 is 0 Å². The van der Waals surface area contributed by atoms with Gasteiger partial charge >= 0.3 is 0 Å². The molecule has 0 radical (unpaired) electrons. The second-order valence-corrected chi connectivity index (χ2v) is 9.52. The van der Waals surface area contributed by atoms with Gasteiger partial charge in [0, 0.05) is 10.3 Å². The molecule has 9 heteroatoms. The van der Waals surface area contributed by atoms with Crippen LogP contribution < -0.4 is 0 Å². The fraction of sp³-hybridized carbons (Fsp3) is 0.600. The zero-order valence-electron chi connectivity index (χ0n) is 9.78. The van der Waals surface area contributed by atoms with Crippen LogP contribution in [0.25, 0.3) is 0 Å². The fourth-order valence-corrected chi connectivity index (χ4v) is 5.07. The number of halogens is 1. The van der Waals surface area contributed by atoms with Crippen LogP contribution >= 0.6 is 22.6 Å². The van der Waals surface area contributed by atoms with Crippen LogP contribution in [0.3, 0.4) is 0 Å². The Morgan fingerprint density at radius 1 is 1.16 bits per heavy atom. The molecule has 0 saturated carbocycles. The highest BCUT2D eigenvalue weighted by molar-refractivity contribution is 14.1. The molecule has 2 unspecified atom stereocenters. The molecule has 0 aromatic rings. The largest absolute Gasteiger partial charge is 0.290 e. The molecule has 2 atom stereocenters. The molecule has 0 amide bonds. The summed E-state index contributed by atoms with van der Waals surface area (Å²) in [6, 6.07) is 0. The molecule has 19 heavy (non-hydrogen) atoms. The predicted molar refractivity (Wildman–Crippen MR) is 78.3 cm³/mol. The van der Waals surface area contributed by atoms with Crippen molar-refractivity contribution in [2.24, 2.45) is 0 Å². The molecule has 0 saturated heterocycles. The molecule has 0 bridgehead atoms. The average Bonchev–Trinajstić information content (AvgIpc) is 2.24. The van der Waals surface area contributed by atoms with Crippen molar-refractivity contribution in [3.8, 4) is 0 Å². The molecule has 6 nitrogen and oxygen atoms in total. The van der Waals surface area contributed by atoms with Crippen molar-refractivity contribution in [1.29, 1.82) is 0 Å². The zero-order valence-corrected chi connectivity index (χ0v) is 13.6. The van der Waals surface area contributed by atoms with E-state index in [2.05, 4.69) is 22.6 Å². The monoisotopic (exact) mass is 420 g/mol. The van der Waals surface area contributed by atoms with Gasteiger partial charge in [0.05, 0.1) is 4.91 Å². The summed E-state index contributed by atoms with van der Waals surface area (Å²) in [7, 11) is -8.82. The van der Waals surface area contributed by atoms with Crippen LogP contribution in [0.4, 0.5) is 0 Å². The van der Waals surface area contributed by atoms with Gasteiger partial charge in [0.1, 0.15) is 5.25 Å². The molecule has 0 heterocycles. The summed E-state index contributed by atoms with van der Waals surface area (Å²) >= 11 is 2.21. The number of hydrogen-bond acceptors (Lipinski definition) is 4. The quantitative estimate of drug-likeness (QED) is 0.400. The lowest BCUT2D eigenvalue weighted by molar-refractivity contribution is 0.466. The molecule has 2 N–H and O–H groups in total. The van der Waals surface area contributed by atoms with E-state index in [0.29, 0.717) is 24.0 Å². The molecule has 108 valence electrons. The summed E-state index contributed by atoms with van der Waals surface area (Å²) in [6.07, 6.45) is 2.80. The smallest absolute Gasteiger partial charge is 0.285 e. The highest BCUT2D eigenvalue weighted by Crippen LogP contribution is 2.40. The highest BCUT2D eigenvalue weighted by atomic mass is 127. The summed E-state index contributed by atoms with van der Waals surface area (Å²) in [5.41, 5.74) is 1.18. The second kappa shape index (κ2) is 5.10. The summed E-state index contributed by atoms with van der Waals surface area (Å²) in [4.78, 5) is -0.348. The second-order valence-electron chi connectivity index (χ2n) is 4.68. The standard InChI is InChI=1S/C10H13IO6S2/c11-7-1-2-9-6(3-7)4-8(18(12,13)14)5-10(9)19(15,16)17/h4,7,10H,1-3,5H2,(H,12,13,14)(H,15,16,17). The molecule has 2 aliphatic carbocycles. The highest BCUT2D eigenvalue weighted by Gasteiger charge is 2.38. The number of alkyl halides is 1. The first kappa shape index (κ1) is 15.4. The van der Waals surface area contributed by atoms with Gasteiger partial charge in [-0.3, -0.25) is 9.11 Å². The Morgan fingerprint density at radius 2 is 1.79 bits per heavy atom. The number of hydrogen-bond donors (Lipinski definition) is 2. The van der Waals surface area contributed by atoms with Crippen molar-refractivity contribution in [2.75, 3.05) is 0 Å². The van der Waals surface area contributed by atoms with Gasteiger partial charge in [-0.2, -0.15) is 16.8 Å².